The van der Waals surface area contributed by atoms with E-state index in [1.54, 1.807) is 18.7 Å². The third kappa shape index (κ3) is 3.84. The molecule has 8 nitrogen and oxygen atoms in total. The van der Waals surface area contributed by atoms with Gasteiger partial charge in [-0.05, 0) is 26.7 Å². The molecule has 0 radical (unpaired) electrons. The Morgan fingerprint density at radius 1 is 1.26 bits per heavy atom. The molecular weight excluding hydrogens is 320 g/mol. The number of aryl methyl sites for hydroxylation is 2. The fourth-order valence-electron chi connectivity index (χ4n) is 2.65. The standard InChI is InChI=1S/C14H24N4O4S/c1-4-6-15-14(19)17-7-5-8-18(10-9-17)23(20,21)13-11(2)16-22-12(13)3/h4-10H2,1-3H3,(H,15,19). The Kier molecular flexibility index (Phi) is 5.64. The highest BCUT2D eigenvalue weighted by molar-refractivity contribution is 7.89. The first-order valence-corrected chi connectivity index (χ1v) is 9.27. The van der Waals surface area contributed by atoms with Crippen LogP contribution >= 0.6 is 0 Å². The molecular formula is C14H24N4O4S. The Morgan fingerprint density at radius 2 is 2.00 bits per heavy atom. The number of nitrogens with one attached hydrogen (secondary N) is 1. The fourth-order valence-corrected chi connectivity index (χ4v) is 4.41. The van der Waals surface area contributed by atoms with Gasteiger partial charge in [0, 0.05) is 32.7 Å². The first kappa shape index (κ1) is 17.7. The average molecular weight is 344 g/mol. The molecule has 1 aliphatic heterocycles. The SMILES string of the molecule is CCCNC(=O)N1CCCN(S(=O)(=O)c2c(C)noc2C)CC1. The minimum Gasteiger partial charge on any atom is -0.360 e. The summed E-state index contributed by atoms with van der Waals surface area (Å²) >= 11 is 0. The molecule has 0 spiro atoms. The molecule has 0 unspecified atom stereocenters. The lowest BCUT2D eigenvalue weighted by atomic mass is 10.4. The molecule has 0 saturated carbocycles. The number of urea groups is 1. The van der Waals surface area contributed by atoms with Crippen LogP contribution in [0.5, 0.6) is 0 Å². The van der Waals surface area contributed by atoms with Crippen LogP contribution in [0, 0.1) is 13.8 Å². The second-order valence-corrected chi connectivity index (χ2v) is 7.50. The Labute approximate surface area is 136 Å². The number of rotatable bonds is 4. The molecule has 1 N–H and O–H groups in total. The molecule has 9 heteroatoms. The van der Waals surface area contributed by atoms with Crippen molar-refractivity contribution in [3.8, 4) is 0 Å². The monoisotopic (exact) mass is 344 g/mol. The van der Waals surface area contributed by atoms with Crippen LogP contribution in [-0.4, -0.2) is 61.5 Å². The lowest BCUT2D eigenvalue weighted by Gasteiger charge is -2.22. The fraction of sp³-hybridized carbons (Fsp3) is 0.714. The van der Waals surface area contributed by atoms with E-state index in [0.717, 1.165) is 6.42 Å². The van der Waals surface area contributed by atoms with E-state index < -0.39 is 10.0 Å². The number of sulfonamides is 1. The van der Waals surface area contributed by atoms with Crippen LogP contribution in [0.4, 0.5) is 4.79 Å². The molecule has 2 amide bonds. The summed E-state index contributed by atoms with van der Waals surface area (Å²) in [6, 6.07) is -0.136. The van der Waals surface area contributed by atoms with E-state index >= 15 is 0 Å². The molecule has 2 rings (SSSR count). The van der Waals surface area contributed by atoms with Gasteiger partial charge in [-0.15, -0.1) is 0 Å². The van der Waals surface area contributed by atoms with Gasteiger partial charge in [0.1, 0.15) is 10.6 Å². The topological polar surface area (TPSA) is 95.8 Å². The normalized spacial score (nSPS) is 17.1. The van der Waals surface area contributed by atoms with Crippen LogP contribution in [0.3, 0.4) is 0 Å². The van der Waals surface area contributed by atoms with E-state index in [1.807, 2.05) is 6.92 Å². The predicted octanol–water partition coefficient (Wildman–Crippen LogP) is 1.11. The van der Waals surface area contributed by atoms with Crippen molar-refractivity contribution in [2.75, 3.05) is 32.7 Å². The van der Waals surface area contributed by atoms with Gasteiger partial charge < -0.3 is 14.7 Å². The van der Waals surface area contributed by atoms with E-state index in [1.165, 1.54) is 4.31 Å². The van der Waals surface area contributed by atoms with Gasteiger partial charge in [0.2, 0.25) is 10.0 Å². The molecule has 23 heavy (non-hydrogen) atoms. The maximum absolute atomic E-state index is 12.8. The van der Waals surface area contributed by atoms with Gasteiger partial charge in [-0.1, -0.05) is 12.1 Å². The Morgan fingerprint density at radius 3 is 2.61 bits per heavy atom. The second kappa shape index (κ2) is 7.31. The molecule has 0 aliphatic carbocycles. The number of carbonyl (C=O) groups excluding carboxylic acids is 1. The first-order chi connectivity index (χ1) is 10.9. The smallest absolute Gasteiger partial charge is 0.317 e. The molecule has 0 aromatic carbocycles. The van der Waals surface area contributed by atoms with Gasteiger partial charge in [0.05, 0.1) is 0 Å². The summed E-state index contributed by atoms with van der Waals surface area (Å²) in [6.07, 6.45) is 1.47. The molecule has 2 heterocycles. The van der Waals surface area contributed by atoms with E-state index in [-0.39, 0.29) is 17.5 Å². The molecule has 1 fully saturated rings. The summed E-state index contributed by atoms with van der Waals surface area (Å²) in [5.74, 6) is 0.296. The molecule has 1 aromatic rings. The summed E-state index contributed by atoms with van der Waals surface area (Å²) in [7, 11) is -3.65. The highest BCUT2D eigenvalue weighted by Gasteiger charge is 2.32. The van der Waals surface area contributed by atoms with Gasteiger partial charge in [-0.25, -0.2) is 13.2 Å². The van der Waals surface area contributed by atoms with Crippen LogP contribution < -0.4 is 5.32 Å². The maximum Gasteiger partial charge on any atom is 0.317 e. The van der Waals surface area contributed by atoms with E-state index in [2.05, 4.69) is 10.5 Å². The molecule has 0 bridgehead atoms. The Bertz CT molecular complexity index is 636. The predicted molar refractivity (Wildman–Crippen MR) is 84.6 cm³/mol. The van der Waals surface area contributed by atoms with Crippen LogP contribution in [-0.2, 0) is 10.0 Å². The zero-order valence-corrected chi connectivity index (χ0v) is 14.6. The second-order valence-electron chi connectivity index (χ2n) is 5.63. The van der Waals surface area contributed by atoms with Crippen molar-refractivity contribution in [1.29, 1.82) is 0 Å². The van der Waals surface area contributed by atoms with Crippen molar-refractivity contribution in [3.05, 3.63) is 11.5 Å². The number of aromatic nitrogens is 1. The van der Waals surface area contributed by atoms with Gasteiger partial charge in [-0.2, -0.15) is 4.31 Å². The van der Waals surface area contributed by atoms with E-state index in [9.17, 15) is 13.2 Å². The number of carbonyl (C=O) groups is 1. The van der Waals surface area contributed by atoms with Crippen molar-refractivity contribution in [1.82, 2.24) is 19.7 Å². The summed E-state index contributed by atoms with van der Waals surface area (Å²) in [6.45, 7) is 7.38. The lowest BCUT2D eigenvalue weighted by Crippen LogP contribution is -2.42. The average Bonchev–Trinajstić information content (AvgIpc) is 2.73. The molecule has 1 saturated heterocycles. The highest BCUT2D eigenvalue weighted by atomic mass is 32.2. The van der Waals surface area contributed by atoms with Gasteiger partial charge in [-0.3, -0.25) is 0 Å². The number of nitrogens with zero attached hydrogens (tertiary/aromatic N) is 3. The van der Waals surface area contributed by atoms with Crippen molar-refractivity contribution < 1.29 is 17.7 Å². The summed E-state index contributed by atoms with van der Waals surface area (Å²) in [5.41, 5.74) is 0.365. The molecule has 130 valence electrons. The number of amides is 2. The lowest BCUT2D eigenvalue weighted by molar-refractivity contribution is 0.200. The van der Waals surface area contributed by atoms with Gasteiger partial charge in [0.15, 0.2) is 5.76 Å². The first-order valence-electron chi connectivity index (χ1n) is 7.83. The van der Waals surface area contributed by atoms with Crippen molar-refractivity contribution in [3.63, 3.8) is 0 Å². The zero-order chi connectivity index (χ0) is 17.0. The third-order valence-corrected chi connectivity index (χ3v) is 5.98. The summed E-state index contributed by atoms with van der Waals surface area (Å²) < 4.78 is 32.0. The highest BCUT2D eigenvalue weighted by Crippen LogP contribution is 2.24. The maximum atomic E-state index is 12.8. The zero-order valence-electron chi connectivity index (χ0n) is 13.8. The largest absolute Gasteiger partial charge is 0.360 e. The van der Waals surface area contributed by atoms with Crippen LogP contribution in [0.2, 0.25) is 0 Å². The van der Waals surface area contributed by atoms with E-state index in [0.29, 0.717) is 44.1 Å². The quantitative estimate of drug-likeness (QED) is 0.882. The number of hydrogen-bond acceptors (Lipinski definition) is 5. The third-order valence-electron chi connectivity index (χ3n) is 3.83. The van der Waals surface area contributed by atoms with Crippen LogP contribution in [0.15, 0.2) is 9.42 Å². The Balaban J connectivity index is 2.10. The van der Waals surface area contributed by atoms with Gasteiger partial charge in [0.25, 0.3) is 0 Å². The van der Waals surface area contributed by atoms with Crippen molar-refractivity contribution in [2.45, 2.75) is 38.5 Å². The summed E-state index contributed by atoms with van der Waals surface area (Å²) in [5, 5.41) is 6.55. The van der Waals surface area contributed by atoms with Crippen molar-refractivity contribution >= 4 is 16.1 Å². The molecule has 0 atom stereocenters. The molecule has 1 aromatic heterocycles. The van der Waals surface area contributed by atoms with Crippen LogP contribution in [0.1, 0.15) is 31.2 Å². The van der Waals surface area contributed by atoms with E-state index in [4.69, 9.17) is 4.52 Å². The van der Waals surface area contributed by atoms with Gasteiger partial charge >= 0.3 is 6.03 Å². The number of hydrogen-bond donors (Lipinski definition) is 1. The van der Waals surface area contributed by atoms with Crippen molar-refractivity contribution in [2.24, 2.45) is 0 Å². The van der Waals surface area contributed by atoms with Crippen LogP contribution in [0.25, 0.3) is 0 Å². The Hall–Kier alpha value is -1.61. The summed E-state index contributed by atoms with van der Waals surface area (Å²) in [4.78, 5) is 13.8. The minimum absolute atomic E-state index is 0.136. The molecule has 1 aliphatic rings. The minimum atomic E-state index is -3.65.